The zero-order valence-electron chi connectivity index (χ0n) is 14.4. The van der Waals surface area contributed by atoms with Gasteiger partial charge in [-0.1, -0.05) is 12.1 Å². The fourth-order valence-corrected chi connectivity index (χ4v) is 3.51. The number of rotatable bonds is 5. The second kappa shape index (κ2) is 7.90. The second-order valence-corrected chi connectivity index (χ2v) is 7.47. The normalized spacial score (nSPS) is 10.7. The molecule has 8 heteroatoms. The number of hydrogen-bond donors (Lipinski definition) is 2. The van der Waals surface area contributed by atoms with Gasteiger partial charge in [-0.05, 0) is 60.7 Å². The van der Waals surface area contributed by atoms with Gasteiger partial charge in [-0.25, -0.2) is 12.8 Å². The molecule has 0 spiro atoms. The predicted octanol–water partition coefficient (Wildman–Crippen LogP) is 3.75. The van der Waals surface area contributed by atoms with Crippen molar-refractivity contribution in [3.63, 3.8) is 0 Å². The smallest absolute Gasteiger partial charge is 0.261 e. The number of amides is 1. The summed E-state index contributed by atoms with van der Waals surface area (Å²) < 4.78 is 40.4. The quantitative estimate of drug-likeness (QED) is 0.687. The largest absolute Gasteiger partial charge is 0.322 e. The van der Waals surface area contributed by atoms with Crippen LogP contribution in [0.4, 0.5) is 15.8 Å². The maximum Gasteiger partial charge on any atom is 0.261 e. The number of nitrogens with zero attached hydrogens (tertiary/aromatic N) is 1. The van der Waals surface area contributed by atoms with E-state index >= 15 is 0 Å². The molecule has 2 N–H and O–H groups in total. The molecule has 0 aliphatic carbocycles. The Labute approximate surface area is 161 Å². The molecule has 1 amide bonds. The van der Waals surface area contributed by atoms with Crippen LogP contribution < -0.4 is 10.0 Å². The highest BCUT2D eigenvalue weighted by Crippen LogP contribution is 2.19. The van der Waals surface area contributed by atoms with Crippen LogP contribution in [0.5, 0.6) is 0 Å². The van der Waals surface area contributed by atoms with E-state index in [4.69, 9.17) is 5.26 Å². The van der Waals surface area contributed by atoms with Crippen molar-refractivity contribution in [1.82, 2.24) is 0 Å². The highest BCUT2D eigenvalue weighted by molar-refractivity contribution is 7.92. The summed E-state index contributed by atoms with van der Waals surface area (Å²) in [5, 5.41) is 11.5. The third kappa shape index (κ3) is 4.52. The maximum atomic E-state index is 13.0. The van der Waals surface area contributed by atoms with Crippen molar-refractivity contribution >= 4 is 27.3 Å². The lowest BCUT2D eigenvalue weighted by Gasteiger charge is -2.10. The molecule has 3 aromatic rings. The number of halogens is 1. The van der Waals surface area contributed by atoms with Gasteiger partial charge in [0.2, 0.25) is 0 Å². The van der Waals surface area contributed by atoms with Gasteiger partial charge < -0.3 is 5.32 Å². The third-order valence-corrected chi connectivity index (χ3v) is 5.13. The molecular formula is C20H14FN3O3S. The van der Waals surface area contributed by atoms with E-state index in [0.717, 1.165) is 12.1 Å². The van der Waals surface area contributed by atoms with Crippen molar-refractivity contribution in [1.29, 1.82) is 5.26 Å². The van der Waals surface area contributed by atoms with Gasteiger partial charge in [-0.3, -0.25) is 9.52 Å². The molecular weight excluding hydrogens is 381 g/mol. The average molecular weight is 395 g/mol. The molecule has 0 aliphatic heterocycles. The number of carbonyl (C=O) groups is 1. The summed E-state index contributed by atoms with van der Waals surface area (Å²) in [6.07, 6.45) is 0. The highest BCUT2D eigenvalue weighted by Gasteiger charge is 2.17. The van der Waals surface area contributed by atoms with Gasteiger partial charge >= 0.3 is 0 Å². The van der Waals surface area contributed by atoms with E-state index in [2.05, 4.69) is 10.0 Å². The van der Waals surface area contributed by atoms with Crippen LogP contribution in [0, 0.1) is 17.1 Å². The topological polar surface area (TPSA) is 99.1 Å². The molecule has 6 nitrogen and oxygen atoms in total. The van der Waals surface area contributed by atoms with Gasteiger partial charge in [-0.2, -0.15) is 5.26 Å². The number of carbonyl (C=O) groups excluding carboxylic acids is 1. The highest BCUT2D eigenvalue weighted by atomic mass is 32.2. The molecule has 0 saturated heterocycles. The van der Waals surface area contributed by atoms with Crippen molar-refractivity contribution in [2.75, 3.05) is 10.0 Å². The standard InChI is InChI=1S/C20H14FN3O3S/c21-16-7-9-17(10-8-16)24-28(26,27)19-6-2-4-15(12-19)20(25)23-18-5-1-3-14(11-18)13-22/h1-12,24H,(H,23,25). The minimum absolute atomic E-state index is 0.116. The van der Waals surface area contributed by atoms with E-state index in [9.17, 15) is 17.6 Å². The van der Waals surface area contributed by atoms with Crippen LogP contribution in [-0.2, 0) is 10.0 Å². The van der Waals surface area contributed by atoms with Gasteiger partial charge in [0.1, 0.15) is 5.82 Å². The van der Waals surface area contributed by atoms with Gasteiger partial charge in [0, 0.05) is 16.9 Å². The lowest BCUT2D eigenvalue weighted by Crippen LogP contribution is -2.16. The lowest BCUT2D eigenvalue weighted by atomic mass is 10.2. The Morgan fingerprint density at radius 2 is 1.64 bits per heavy atom. The van der Waals surface area contributed by atoms with Crippen molar-refractivity contribution < 1.29 is 17.6 Å². The Kier molecular flexibility index (Phi) is 5.38. The fraction of sp³-hybridized carbons (Fsp3) is 0. The number of nitrogens with one attached hydrogen (secondary N) is 2. The average Bonchev–Trinajstić information content (AvgIpc) is 2.70. The van der Waals surface area contributed by atoms with E-state index in [1.165, 1.54) is 42.5 Å². The number of nitriles is 1. The summed E-state index contributed by atoms with van der Waals surface area (Å²) in [7, 11) is -3.96. The number of anilines is 2. The second-order valence-electron chi connectivity index (χ2n) is 5.79. The van der Waals surface area contributed by atoms with E-state index in [1.807, 2.05) is 6.07 Å². The van der Waals surface area contributed by atoms with E-state index in [-0.39, 0.29) is 16.1 Å². The lowest BCUT2D eigenvalue weighted by molar-refractivity contribution is 0.102. The van der Waals surface area contributed by atoms with Gasteiger partial charge in [0.05, 0.1) is 16.5 Å². The van der Waals surface area contributed by atoms with Crippen molar-refractivity contribution in [3.05, 3.63) is 89.7 Å². The van der Waals surface area contributed by atoms with Crippen LogP contribution in [0.1, 0.15) is 15.9 Å². The first-order valence-electron chi connectivity index (χ1n) is 8.07. The minimum atomic E-state index is -3.96. The molecule has 0 unspecified atom stereocenters. The molecule has 0 atom stereocenters. The van der Waals surface area contributed by atoms with Crippen LogP contribution in [0.15, 0.2) is 77.7 Å². The SMILES string of the molecule is N#Cc1cccc(NC(=O)c2cccc(S(=O)(=O)Nc3ccc(F)cc3)c2)c1. The zero-order chi connectivity index (χ0) is 20.1. The summed E-state index contributed by atoms with van der Waals surface area (Å²) in [6.45, 7) is 0. The molecule has 0 fully saturated rings. The van der Waals surface area contributed by atoms with Gasteiger partial charge in [0.25, 0.3) is 15.9 Å². The van der Waals surface area contributed by atoms with E-state index in [0.29, 0.717) is 11.3 Å². The summed E-state index contributed by atoms with van der Waals surface area (Å²) >= 11 is 0. The molecule has 0 saturated carbocycles. The number of benzene rings is 3. The molecule has 0 bridgehead atoms. The first kappa shape index (κ1) is 19.1. The van der Waals surface area contributed by atoms with Crippen LogP contribution >= 0.6 is 0 Å². The van der Waals surface area contributed by atoms with Crippen LogP contribution in [-0.4, -0.2) is 14.3 Å². The molecule has 28 heavy (non-hydrogen) atoms. The van der Waals surface area contributed by atoms with Crippen molar-refractivity contribution in [3.8, 4) is 6.07 Å². The third-order valence-electron chi connectivity index (χ3n) is 3.75. The molecule has 3 aromatic carbocycles. The zero-order valence-corrected chi connectivity index (χ0v) is 15.2. The van der Waals surface area contributed by atoms with Gasteiger partial charge in [0.15, 0.2) is 0 Å². The Bertz CT molecular complexity index is 1170. The van der Waals surface area contributed by atoms with Crippen molar-refractivity contribution in [2.24, 2.45) is 0 Å². The Balaban J connectivity index is 1.81. The summed E-state index contributed by atoms with van der Waals surface area (Å²) in [5.74, 6) is -1.00. The van der Waals surface area contributed by atoms with Gasteiger partial charge in [-0.15, -0.1) is 0 Å². The predicted molar refractivity (Wildman–Crippen MR) is 103 cm³/mol. The maximum absolute atomic E-state index is 13.0. The van der Waals surface area contributed by atoms with Crippen molar-refractivity contribution in [2.45, 2.75) is 4.90 Å². The Hall–Kier alpha value is -3.70. The van der Waals surface area contributed by atoms with Crippen LogP contribution in [0.3, 0.4) is 0 Å². The van der Waals surface area contributed by atoms with Crippen LogP contribution in [0.25, 0.3) is 0 Å². The first-order valence-corrected chi connectivity index (χ1v) is 9.56. The summed E-state index contributed by atoms with van der Waals surface area (Å²) in [5.41, 5.74) is 1.13. The first-order chi connectivity index (χ1) is 13.4. The molecule has 0 aromatic heterocycles. The molecule has 3 rings (SSSR count). The molecule has 0 aliphatic rings. The molecule has 0 heterocycles. The number of hydrogen-bond acceptors (Lipinski definition) is 4. The minimum Gasteiger partial charge on any atom is -0.322 e. The van der Waals surface area contributed by atoms with E-state index in [1.54, 1.807) is 18.2 Å². The van der Waals surface area contributed by atoms with Crippen LogP contribution in [0.2, 0.25) is 0 Å². The number of sulfonamides is 1. The molecule has 0 radical (unpaired) electrons. The summed E-state index contributed by atoms with van der Waals surface area (Å²) in [6, 6.07) is 18.7. The fourth-order valence-electron chi connectivity index (χ4n) is 2.41. The molecule has 140 valence electrons. The summed E-state index contributed by atoms with van der Waals surface area (Å²) in [4.78, 5) is 12.3. The Morgan fingerprint density at radius 3 is 2.36 bits per heavy atom. The monoisotopic (exact) mass is 395 g/mol. The Morgan fingerprint density at radius 1 is 0.929 bits per heavy atom. The van der Waals surface area contributed by atoms with E-state index < -0.39 is 21.7 Å².